The summed E-state index contributed by atoms with van der Waals surface area (Å²) < 4.78 is 2.38. The highest BCUT2D eigenvalue weighted by Gasteiger charge is 2.10. The van der Waals surface area contributed by atoms with Gasteiger partial charge in [-0.1, -0.05) is 0 Å². The summed E-state index contributed by atoms with van der Waals surface area (Å²) >= 11 is 3.29. The first-order chi connectivity index (χ1) is 8.16. The molecule has 17 heavy (non-hydrogen) atoms. The summed E-state index contributed by atoms with van der Waals surface area (Å²) in [6.07, 6.45) is 5.16. The molecule has 0 aliphatic rings. The Labute approximate surface area is 107 Å². The number of rotatable bonds is 3. The van der Waals surface area contributed by atoms with Crippen LogP contribution in [0.5, 0.6) is 0 Å². The molecule has 2 heterocycles. The van der Waals surface area contributed by atoms with Gasteiger partial charge in [0, 0.05) is 36.0 Å². The standard InChI is InChI=1S/C11H11BrN4O/c1-16-7-8(6-15-16)5-14-11(17)10-9(12)3-2-4-13-10/h2-4,6-7H,5H2,1H3,(H,14,17). The minimum Gasteiger partial charge on any atom is -0.346 e. The van der Waals surface area contributed by atoms with Crippen LogP contribution in [0.4, 0.5) is 0 Å². The molecular formula is C11H11BrN4O. The van der Waals surface area contributed by atoms with Gasteiger partial charge < -0.3 is 5.32 Å². The first-order valence-electron chi connectivity index (χ1n) is 5.03. The molecule has 0 aromatic carbocycles. The lowest BCUT2D eigenvalue weighted by atomic mass is 10.3. The molecular weight excluding hydrogens is 284 g/mol. The number of nitrogens with zero attached hydrogens (tertiary/aromatic N) is 3. The van der Waals surface area contributed by atoms with Crippen LogP contribution < -0.4 is 5.32 Å². The molecule has 6 heteroatoms. The predicted octanol–water partition coefficient (Wildman–Crippen LogP) is 1.51. The molecule has 0 spiro atoms. The second kappa shape index (κ2) is 5.09. The van der Waals surface area contributed by atoms with Crippen LogP contribution in [0.2, 0.25) is 0 Å². The Bertz CT molecular complexity index is 538. The van der Waals surface area contributed by atoms with Crippen LogP contribution in [-0.4, -0.2) is 20.7 Å². The predicted molar refractivity (Wildman–Crippen MR) is 66.3 cm³/mol. The number of carbonyl (C=O) groups excluding carboxylic acids is 1. The molecule has 0 atom stereocenters. The van der Waals surface area contributed by atoms with Crippen molar-refractivity contribution in [1.29, 1.82) is 0 Å². The number of hydrogen-bond donors (Lipinski definition) is 1. The summed E-state index contributed by atoms with van der Waals surface area (Å²) in [5.41, 5.74) is 1.34. The number of carbonyl (C=O) groups is 1. The third-order valence-electron chi connectivity index (χ3n) is 2.18. The topological polar surface area (TPSA) is 59.8 Å². The van der Waals surface area contributed by atoms with Crippen molar-refractivity contribution in [1.82, 2.24) is 20.1 Å². The maximum absolute atomic E-state index is 11.8. The SMILES string of the molecule is Cn1cc(CNC(=O)c2ncccc2Br)cn1. The highest BCUT2D eigenvalue weighted by molar-refractivity contribution is 9.10. The van der Waals surface area contributed by atoms with Crippen LogP contribution in [0, 0.1) is 0 Å². The van der Waals surface area contributed by atoms with Crippen molar-refractivity contribution >= 4 is 21.8 Å². The Morgan fingerprint density at radius 2 is 2.41 bits per heavy atom. The summed E-state index contributed by atoms with van der Waals surface area (Å²) in [4.78, 5) is 15.8. The van der Waals surface area contributed by atoms with Crippen molar-refractivity contribution in [2.24, 2.45) is 7.05 Å². The zero-order valence-corrected chi connectivity index (χ0v) is 10.8. The van der Waals surface area contributed by atoms with Crippen LogP contribution >= 0.6 is 15.9 Å². The fourth-order valence-electron chi connectivity index (χ4n) is 1.38. The molecule has 2 aromatic heterocycles. The molecule has 0 saturated carbocycles. The van der Waals surface area contributed by atoms with E-state index in [1.54, 1.807) is 29.2 Å². The largest absolute Gasteiger partial charge is 0.346 e. The number of hydrogen-bond acceptors (Lipinski definition) is 3. The maximum Gasteiger partial charge on any atom is 0.271 e. The number of amides is 1. The lowest BCUT2D eigenvalue weighted by Crippen LogP contribution is -2.24. The van der Waals surface area contributed by atoms with E-state index in [0.29, 0.717) is 16.7 Å². The summed E-state index contributed by atoms with van der Waals surface area (Å²) in [7, 11) is 1.83. The van der Waals surface area contributed by atoms with E-state index in [-0.39, 0.29) is 5.91 Å². The highest BCUT2D eigenvalue weighted by Crippen LogP contribution is 2.12. The maximum atomic E-state index is 11.8. The molecule has 1 amide bonds. The Balaban J connectivity index is 2.01. The molecule has 0 fully saturated rings. The van der Waals surface area contributed by atoms with Crippen molar-refractivity contribution in [3.8, 4) is 0 Å². The molecule has 0 saturated heterocycles. The lowest BCUT2D eigenvalue weighted by Gasteiger charge is -2.04. The average Bonchev–Trinajstić information content (AvgIpc) is 2.73. The molecule has 0 aliphatic heterocycles. The number of pyridine rings is 1. The average molecular weight is 295 g/mol. The smallest absolute Gasteiger partial charge is 0.271 e. The van der Waals surface area contributed by atoms with Gasteiger partial charge in [-0.2, -0.15) is 5.10 Å². The monoisotopic (exact) mass is 294 g/mol. The molecule has 0 bridgehead atoms. The number of aromatic nitrogens is 3. The Morgan fingerprint density at radius 1 is 1.59 bits per heavy atom. The summed E-state index contributed by atoms with van der Waals surface area (Å²) in [6, 6.07) is 3.55. The second-order valence-corrected chi connectivity index (χ2v) is 4.39. The summed E-state index contributed by atoms with van der Waals surface area (Å²) in [5.74, 6) is -0.207. The number of nitrogens with one attached hydrogen (secondary N) is 1. The molecule has 1 N–H and O–H groups in total. The van der Waals surface area contributed by atoms with Crippen LogP contribution in [0.15, 0.2) is 35.2 Å². The van der Waals surface area contributed by atoms with Crippen molar-refractivity contribution in [2.45, 2.75) is 6.54 Å². The van der Waals surface area contributed by atoms with Crippen molar-refractivity contribution in [3.05, 3.63) is 46.5 Å². The van der Waals surface area contributed by atoms with Gasteiger partial charge in [0.25, 0.3) is 5.91 Å². The fourth-order valence-corrected chi connectivity index (χ4v) is 1.82. The quantitative estimate of drug-likeness (QED) is 0.933. The minimum absolute atomic E-state index is 0.207. The number of halogens is 1. The van der Waals surface area contributed by atoms with Crippen LogP contribution in [0.25, 0.3) is 0 Å². The lowest BCUT2D eigenvalue weighted by molar-refractivity contribution is 0.0945. The van der Waals surface area contributed by atoms with Gasteiger partial charge in [-0.25, -0.2) is 4.98 Å². The van der Waals surface area contributed by atoms with Gasteiger partial charge in [0.15, 0.2) is 0 Å². The fraction of sp³-hybridized carbons (Fsp3) is 0.182. The van der Waals surface area contributed by atoms with Gasteiger partial charge in [0.05, 0.1) is 6.20 Å². The van der Waals surface area contributed by atoms with E-state index >= 15 is 0 Å². The molecule has 0 aliphatic carbocycles. The van der Waals surface area contributed by atoms with Crippen molar-refractivity contribution < 1.29 is 4.79 Å². The Hall–Kier alpha value is -1.69. The van der Waals surface area contributed by atoms with Gasteiger partial charge in [0.2, 0.25) is 0 Å². The van der Waals surface area contributed by atoms with Gasteiger partial charge in [-0.05, 0) is 28.1 Å². The Morgan fingerprint density at radius 3 is 3.06 bits per heavy atom. The number of aryl methyl sites for hydroxylation is 1. The van der Waals surface area contributed by atoms with Gasteiger partial charge in [0.1, 0.15) is 5.69 Å². The van der Waals surface area contributed by atoms with Gasteiger partial charge in [-0.15, -0.1) is 0 Å². The van der Waals surface area contributed by atoms with E-state index in [9.17, 15) is 4.79 Å². The molecule has 0 unspecified atom stereocenters. The zero-order valence-electron chi connectivity index (χ0n) is 9.22. The summed E-state index contributed by atoms with van der Waals surface area (Å²) in [6.45, 7) is 0.440. The third-order valence-corrected chi connectivity index (χ3v) is 2.82. The zero-order chi connectivity index (χ0) is 12.3. The normalized spacial score (nSPS) is 10.2. The van der Waals surface area contributed by atoms with E-state index in [1.807, 2.05) is 13.2 Å². The second-order valence-electron chi connectivity index (χ2n) is 3.54. The summed E-state index contributed by atoms with van der Waals surface area (Å²) in [5, 5.41) is 6.81. The van der Waals surface area contributed by atoms with E-state index in [1.165, 1.54) is 0 Å². The van der Waals surface area contributed by atoms with Crippen molar-refractivity contribution in [3.63, 3.8) is 0 Å². The van der Waals surface area contributed by atoms with Gasteiger partial charge >= 0.3 is 0 Å². The third kappa shape index (κ3) is 2.91. The minimum atomic E-state index is -0.207. The van der Waals surface area contributed by atoms with Crippen molar-refractivity contribution in [2.75, 3.05) is 0 Å². The van der Waals surface area contributed by atoms with Gasteiger partial charge in [-0.3, -0.25) is 9.48 Å². The van der Waals surface area contributed by atoms with Crippen LogP contribution in [0.3, 0.4) is 0 Å². The van der Waals surface area contributed by atoms with Crippen LogP contribution in [-0.2, 0) is 13.6 Å². The van der Waals surface area contributed by atoms with Crippen LogP contribution in [0.1, 0.15) is 16.1 Å². The molecule has 2 rings (SSSR count). The van der Waals surface area contributed by atoms with E-state index < -0.39 is 0 Å². The molecule has 88 valence electrons. The molecule has 5 nitrogen and oxygen atoms in total. The molecule has 2 aromatic rings. The first kappa shape index (κ1) is 11.8. The Kier molecular flexibility index (Phi) is 3.53. The van der Waals surface area contributed by atoms with E-state index in [4.69, 9.17) is 0 Å². The molecule has 0 radical (unpaired) electrons. The van der Waals surface area contributed by atoms with E-state index in [2.05, 4.69) is 31.3 Å². The van der Waals surface area contributed by atoms with E-state index in [0.717, 1.165) is 5.56 Å². The first-order valence-corrected chi connectivity index (χ1v) is 5.82. The highest BCUT2D eigenvalue weighted by atomic mass is 79.9.